The van der Waals surface area contributed by atoms with Crippen molar-refractivity contribution in [3.63, 3.8) is 0 Å². The molecular formula is C25H36ClNO6. The molecule has 3 rings (SSSR count). The summed E-state index contributed by atoms with van der Waals surface area (Å²) in [6, 6.07) is 6.65. The summed E-state index contributed by atoms with van der Waals surface area (Å²) < 4.78 is 16.4. The van der Waals surface area contributed by atoms with Crippen LogP contribution in [0.3, 0.4) is 0 Å². The second kappa shape index (κ2) is 13.8. The highest BCUT2D eigenvalue weighted by atomic mass is 35.5. The Labute approximate surface area is 201 Å². The average molecular weight is 482 g/mol. The molecule has 2 aliphatic rings. The quantitative estimate of drug-likeness (QED) is 0.205. The normalized spacial score (nSPS) is 26.0. The smallest absolute Gasteiger partial charge is 0.305 e. The number of alkyl halides is 1. The van der Waals surface area contributed by atoms with Crippen molar-refractivity contribution in [2.75, 3.05) is 46.1 Å². The van der Waals surface area contributed by atoms with Crippen LogP contribution in [-0.4, -0.2) is 78.6 Å². The molecule has 1 aliphatic heterocycles. The lowest BCUT2D eigenvalue weighted by molar-refractivity contribution is -0.144. The minimum Gasteiger partial charge on any atom is -0.508 e. The van der Waals surface area contributed by atoms with Gasteiger partial charge in [0, 0.05) is 43.4 Å². The number of morpholine rings is 1. The standard InChI is InChI=1S/C25H36ClNO6/c26-23-17-24(29)22(18-33-20-7-5-6-19(28)16-20)21(23)8-3-1-2-4-9-25(30)32-15-12-27-10-13-31-14-11-27/h1,3,5-7,16,21-24,28-29H,2,4,8-15,17-18H2/b3-1-/t21-,22-,23-,24-/m1/s1. The molecule has 33 heavy (non-hydrogen) atoms. The summed E-state index contributed by atoms with van der Waals surface area (Å²) in [5.74, 6) is 0.614. The zero-order valence-electron chi connectivity index (χ0n) is 19.1. The summed E-state index contributed by atoms with van der Waals surface area (Å²) in [4.78, 5) is 14.1. The van der Waals surface area contributed by atoms with Gasteiger partial charge in [0.25, 0.3) is 0 Å². The Kier molecular flexibility index (Phi) is 10.8. The van der Waals surface area contributed by atoms with E-state index >= 15 is 0 Å². The second-order valence-electron chi connectivity index (χ2n) is 8.73. The molecule has 0 amide bonds. The van der Waals surface area contributed by atoms with Gasteiger partial charge in [-0.15, -0.1) is 11.6 Å². The number of hydrogen-bond donors (Lipinski definition) is 2. The number of hydrogen-bond acceptors (Lipinski definition) is 7. The number of carbonyl (C=O) groups excluding carboxylic acids is 1. The number of benzene rings is 1. The number of carbonyl (C=O) groups is 1. The number of esters is 1. The molecule has 8 heteroatoms. The molecule has 7 nitrogen and oxygen atoms in total. The number of rotatable bonds is 12. The Balaban J connectivity index is 1.31. The number of nitrogens with zero attached hydrogens (tertiary/aromatic N) is 1. The fourth-order valence-electron chi connectivity index (χ4n) is 4.38. The second-order valence-corrected chi connectivity index (χ2v) is 9.29. The Bertz CT molecular complexity index is 754. The number of ether oxygens (including phenoxy) is 3. The Morgan fingerprint density at radius 1 is 1.24 bits per heavy atom. The van der Waals surface area contributed by atoms with E-state index < -0.39 is 6.10 Å². The van der Waals surface area contributed by atoms with Gasteiger partial charge in [0.15, 0.2) is 0 Å². The number of allylic oxidation sites excluding steroid dienone is 2. The summed E-state index contributed by atoms with van der Waals surface area (Å²) in [6.45, 7) is 4.83. The summed E-state index contributed by atoms with van der Waals surface area (Å²) in [7, 11) is 0. The molecule has 1 aromatic carbocycles. The third-order valence-electron chi connectivity index (χ3n) is 6.34. The van der Waals surface area contributed by atoms with Gasteiger partial charge in [0.2, 0.25) is 0 Å². The van der Waals surface area contributed by atoms with Crippen molar-refractivity contribution in [3.05, 3.63) is 36.4 Å². The molecule has 0 bridgehead atoms. The maximum absolute atomic E-state index is 11.9. The number of phenols is 1. The molecule has 0 aromatic heterocycles. The summed E-state index contributed by atoms with van der Waals surface area (Å²) in [5, 5.41) is 19.9. The van der Waals surface area contributed by atoms with E-state index in [-0.39, 0.29) is 28.9 Å². The first-order chi connectivity index (χ1) is 16.0. The van der Waals surface area contributed by atoms with Crippen molar-refractivity contribution in [2.24, 2.45) is 11.8 Å². The topological polar surface area (TPSA) is 88.5 Å². The van der Waals surface area contributed by atoms with Gasteiger partial charge in [-0.2, -0.15) is 0 Å². The summed E-state index contributed by atoms with van der Waals surface area (Å²) >= 11 is 6.50. The molecule has 1 saturated heterocycles. The Hall–Kier alpha value is -1.80. The van der Waals surface area contributed by atoms with E-state index in [0.29, 0.717) is 31.8 Å². The number of phenolic OH excluding ortho intramolecular Hbond substituents is 1. The Morgan fingerprint density at radius 3 is 2.85 bits per heavy atom. The van der Waals surface area contributed by atoms with E-state index in [1.807, 2.05) is 0 Å². The van der Waals surface area contributed by atoms with Gasteiger partial charge in [0.05, 0.1) is 25.9 Å². The first kappa shape index (κ1) is 25.8. The average Bonchev–Trinajstić information content (AvgIpc) is 3.07. The summed E-state index contributed by atoms with van der Waals surface area (Å²) in [6.07, 6.45) is 6.91. The van der Waals surface area contributed by atoms with Gasteiger partial charge >= 0.3 is 5.97 Å². The lowest BCUT2D eigenvalue weighted by Crippen LogP contribution is -2.38. The fraction of sp³-hybridized carbons (Fsp3) is 0.640. The molecule has 1 aromatic rings. The predicted molar refractivity (Wildman–Crippen MR) is 127 cm³/mol. The van der Waals surface area contributed by atoms with Crippen LogP contribution in [0.4, 0.5) is 0 Å². The van der Waals surface area contributed by atoms with Crippen molar-refractivity contribution in [1.29, 1.82) is 0 Å². The Morgan fingerprint density at radius 2 is 2.06 bits per heavy atom. The lowest BCUT2D eigenvalue weighted by atomic mass is 9.92. The minimum atomic E-state index is -0.504. The van der Waals surface area contributed by atoms with E-state index in [1.165, 1.54) is 0 Å². The van der Waals surface area contributed by atoms with Crippen LogP contribution in [0, 0.1) is 11.8 Å². The summed E-state index contributed by atoms with van der Waals surface area (Å²) in [5.41, 5.74) is 0. The zero-order valence-corrected chi connectivity index (χ0v) is 19.9. The molecule has 4 atom stereocenters. The number of aromatic hydroxyl groups is 1. The van der Waals surface area contributed by atoms with Crippen LogP contribution in [0.15, 0.2) is 36.4 Å². The zero-order chi connectivity index (χ0) is 23.5. The maximum atomic E-state index is 11.9. The first-order valence-electron chi connectivity index (χ1n) is 11.9. The number of halogens is 1. The number of aliphatic hydroxyl groups is 1. The van der Waals surface area contributed by atoms with Crippen LogP contribution in [-0.2, 0) is 14.3 Å². The molecule has 0 unspecified atom stereocenters. The molecule has 2 N–H and O–H groups in total. The van der Waals surface area contributed by atoms with Gasteiger partial charge in [-0.25, -0.2) is 0 Å². The fourth-order valence-corrected chi connectivity index (χ4v) is 4.85. The van der Waals surface area contributed by atoms with Crippen LogP contribution in [0.25, 0.3) is 0 Å². The molecule has 0 radical (unpaired) electrons. The van der Waals surface area contributed by atoms with Crippen LogP contribution >= 0.6 is 11.6 Å². The highest BCUT2D eigenvalue weighted by Crippen LogP contribution is 2.39. The molecule has 184 valence electrons. The third-order valence-corrected chi connectivity index (χ3v) is 6.84. The number of unbranched alkanes of at least 4 members (excludes halogenated alkanes) is 1. The van der Waals surface area contributed by atoms with E-state index in [0.717, 1.165) is 52.1 Å². The molecule has 1 saturated carbocycles. The van der Waals surface area contributed by atoms with E-state index in [1.54, 1.807) is 24.3 Å². The molecular weight excluding hydrogens is 446 g/mol. The van der Waals surface area contributed by atoms with Crippen LogP contribution in [0.2, 0.25) is 0 Å². The third kappa shape index (κ3) is 8.81. The van der Waals surface area contributed by atoms with E-state index in [2.05, 4.69) is 17.1 Å². The van der Waals surface area contributed by atoms with Crippen molar-refractivity contribution >= 4 is 17.6 Å². The highest BCUT2D eigenvalue weighted by molar-refractivity contribution is 6.21. The predicted octanol–water partition coefficient (Wildman–Crippen LogP) is 3.37. The van der Waals surface area contributed by atoms with Gasteiger partial charge in [-0.1, -0.05) is 18.2 Å². The van der Waals surface area contributed by atoms with Gasteiger partial charge in [0.1, 0.15) is 18.1 Å². The van der Waals surface area contributed by atoms with Crippen LogP contribution < -0.4 is 4.74 Å². The van der Waals surface area contributed by atoms with Crippen LogP contribution in [0.5, 0.6) is 11.5 Å². The van der Waals surface area contributed by atoms with E-state index in [9.17, 15) is 15.0 Å². The van der Waals surface area contributed by atoms with Gasteiger partial charge < -0.3 is 24.4 Å². The molecule has 0 spiro atoms. The molecule has 1 heterocycles. The van der Waals surface area contributed by atoms with Crippen molar-refractivity contribution in [3.8, 4) is 11.5 Å². The minimum absolute atomic E-state index is 0.0686. The number of aliphatic hydroxyl groups excluding tert-OH is 1. The first-order valence-corrected chi connectivity index (χ1v) is 12.3. The van der Waals surface area contributed by atoms with Crippen molar-refractivity contribution in [2.45, 2.75) is 43.6 Å². The van der Waals surface area contributed by atoms with Gasteiger partial charge in [-0.3, -0.25) is 9.69 Å². The molecule has 1 aliphatic carbocycles. The van der Waals surface area contributed by atoms with E-state index in [4.69, 9.17) is 25.8 Å². The molecule has 2 fully saturated rings. The monoisotopic (exact) mass is 481 g/mol. The maximum Gasteiger partial charge on any atom is 0.305 e. The lowest BCUT2D eigenvalue weighted by Gasteiger charge is -2.26. The van der Waals surface area contributed by atoms with Gasteiger partial charge in [-0.05, 0) is 43.7 Å². The SMILES string of the molecule is O=C(CCC/C=C\C[C@@H]1[C@@H](COc2cccc(O)c2)[C@H](O)C[C@H]1Cl)OCCN1CCOCC1. The highest BCUT2D eigenvalue weighted by Gasteiger charge is 2.41. The van der Waals surface area contributed by atoms with Crippen molar-refractivity contribution < 1.29 is 29.2 Å². The van der Waals surface area contributed by atoms with Crippen molar-refractivity contribution in [1.82, 2.24) is 4.90 Å². The van der Waals surface area contributed by atoms with Crippen LogP contribution in [0.1, 0.15) is 32.1 Å². The largest absolute Gasteiger partial charge is 0.508 e.